The summed E-state index contributed by atoms with van der Waals surface area (Å²) in [4.78, 5) is 29.7. The van der Waals surface area contributed by atoms with E-state index in [4.69, 9.17) is 10.5 Å². The maximum absolute atomic E-state index is 12.9. The number of amides is 2. The molecule has 2 atom stereocenters. The Labute approximate surface area is 196 Å². The second kappa shape index (κ2) is 12.5. The SMILES string of the molecule is COCC(=O)N1CC(N(CCc2ccccc2)Cc2ccccc2C)CC1C(=O)NCCN. The van der Waals surface area contributed by atoms with Gasteiger partial charge in [0, 0.05) is 45.9 Å². The van der Waals surface area contributed by atoms with Crippen LogP contribution in [-0.4, -0.2) is 73.6 Å². The number of hydrogen-bond acceptors (Lipinski definition) is 5. The summed E-state index contributed by atoms with van der Waals surface area (Å²) in [6, 6.07) is 18.3. The summed E-state index contributed by atoms with van der Waals surface area (Å²) >= 11 is 0. The van der Waals surface area contributed by atoms with E-state index in [1.165, 1.54) is 23.8 Å². The Morgan fingerprint density at radius 3 is 2.58 bits per heavy atom. The molecule has 0 radical (unpaired) electrons. The summed E-state index contributed by atoms with van der Waals surface area (Å²) in [5.74, 6) is -0.307. The molecule has 2 aromatic carbocycles. The van der Waals surface area contributed by atoms with Crippen molar-refractivity contribution in [3.8, 4) is 0 Å². The molecule has 3 rings (SSSR count). The van der Waals surface area contributed by atoms with E-state index in [1.54, 1.807) is 4.90 Å². The van der Waals surface area contributed by atoms with Gasteiger partial charge in [-0.1, -0.05) is 54.6 Å². The summed E-state index contributed by atoms with van der Waals surface area (Å²) in [5, 5.41) is 2.86. The molecule has 33 heavy (non-hydrogen) atoms. The molecule has 2 unspecified atom stereocenters. The van der Waals surface area contributed by atoms with Crippen molar-refractivity contribution in [2.45, 2.75) is 38.4 Å². The Bertz CT molecular complexity index is 905. The van der Waals surface area contributed by atoms with Crippen LogP contribution in [-0.2, 0) is 27.3 Å². The number of nitrogens with one attached hydrogen (secondary N) is 1. The van der Waals surface area contributed by atoms with Gasteiger partial charge in [0.1, 0.15) is 12.6 Å². The highest BCUT2D eigenvalue weighted by Crippen LogP contribution is 2.25. The molecular formula is C26H36N4O3. The number of likely N-dealkylation sites (tertiary alicyclic amines) is 1. The van der Waals surface area contributed by atoms with Gasteiger partial charge in [-0.25, -0.2) is 0 Å². The van der Waals surface area contributed by atoms with Crippen molar-refractivity contribution in [1.29, 1.82) is 0 Å². The molecule has 178 valence electrons. The Morgan fingerprint density at radius 2 is 1.88 bits per heavy atom. The zero-order valence-electron chi connectivity index (χ0n) is 19.7. The van der Waals surface area contributed by atoms with E-state index in [0.717, 1.165) is 19.5 Å². The fourth-order valence-corrected chi connectivity index (χ4v) is 4.44. The average Bonchev–Trinajstić information content (AvgIpc) is 3.28. The quantitative estimate of drug-likeness (QED) is 0.542. The van der Waals surface area contributed by atoms with E-state index in [1.807, 2.05) is 12.1 Å². The number of benzene rings is 2. The van der Waals surface area contributed by atoms with Gasteiger partial charge in [0.25, 0.3) is 0 Å². The first-order chi connectivity index (χ1) is 16.0. The van der Waals surface area contributed by atoms with Gasteiger partial charge >= 0.3 is 0 Å². The molecule has 2 aromatic rings. The van der Waals surface area contributed by atoms with Gasteiger partial charge in [-0.2, -0.15) is 0 Å². The van der Waals surface area contributed by atoms with Gasteiger partial charge in [0.15, 0.2) is 0 Å². The minimum atomic E-state index is -0.514. The predicted molar refractivity (Wildman–Crippen MR) is 130 cm³/mol. The van der Waals surface area contributed by atoms with Gasteiger partial charge < -0.3 is 20.7 Å². The average molecular weight is 453 g/mol. The van der Waals surface area contributed by atoms with Crippen LogP contribution in [0.3, 0.4) is 0 Å². The maximum Gasteiger partial charge on any atom is 0.249 e. The zero-order chi connectivity index (χ0) is 23.6. The first-order valence-corrected chi connectivity index (χ1v) is 11.6. The van der Waals surface area contributed by atoms with Crippen LogP contribution in [0.5, 0.6) is 0 Å². The summed E-state index contributed by atoms with van der Waals surface area (Å²) < 4.78 is 5.08. The van der Waals surface area contributed by atoms with Gasteiger partial charge in [0.05, 0.1) is 0 Å². The van der Waals surface area contributed by atoms with Gasteiger partial charge in [0.2, 0.25) is 11.8 Å². The van der Waals surface area contributed by atoms with Crippen LogP contribution >= 0.6 is 0 Å². The molecule has 1 aliphatic rings. The smallest absolute Gasteiger partial charge is 0.249 e. The van der Waals surface area contributed by atoms with Crippen LogP contribution < -0.4 is 11.1 Å². The second-order valence-electron chi connectivity index (χ2n) is 8.60. The molecule has 1 heterocycles. The van der Waals surface area contributed by atoms with Gasteiger partial charge in [-0.15, -0.1) is 0 Å². The van der Waals surface area contributed by atoms with E-state index >= 15 is 0 Å². The van der Waals surface area contributed by atoms with E-state index < -0.39 is 6.04 Å². The van der Waals surface area contributed by atoms with E-state index in [9.17, 15) is 9.59 Å². The first kappa shape index (κ1) is 24.9. The molecular weight excluding hydrogens is 416 g/mol. The Kier molecular flexibility index (Phi) is 9.42. The number of carbonyl (C=O) groups excluding carboxylic acids is 2. The fourth-order valence-electron chi connectivity index (χ4n) is 4.44. The van der Waals surface area contributed by atoms with Crippen LogP contribution in [0.15, 0.2) is 54.6 Å². The summed E-state index contributed by atoms with van der Waals surface area (Å²) in [6.07, 6.45) is 1.49. The molecule has 0 aromatic heterocycles. The van der Waals surface area contributed by atoms with Crippen LogP contribution in [0, 0.1) is 6.92 Å². The van der Waals surface area contributed by atoms with Crippen molar-refractivity contribution in [3.63, 3.8) is 0 Å². The summed E-state index contributed by atoms with van der Waals surface area (Å²) in [6.45, 7) is 4.97. The highest BCUT2D eigenvalue weighted by Gasteiger charge is 2.41. The topological polar surface area (TPSA) is 87.9 Å². The maximum atomic E-state index is 12.9. The highest BCUT2D eigenvalue weighted by atomic mass is 16.5. The monoisotopic (exact) mass is 452 g/mol. The number of hydrogen-bond donors (Lipinski definition) is 2. The molecule has 7 nitrogen and oxygen atoms in total. The Balaban J connectivity index is 1.81. The predicted octanol–water partition coefficient (Wildman–Crippen LogP) is 1.73. The van der Waals surface area contributed by atoms with Crippen LogP contribution in [0.4, 0.5) is 0 Å². The number of nitrogens with two attached hydrogens (primary N) is 1. The number of ether oxygens (including phenoxy) is 1. The van der Waals surface area contributed by atoms with E-state index in [0.29, 0.717) is 26.1 Å². The van der Waals surface area contributed by atoms with Crippen LogP contribution in [0.2, 0.25) is 0 Å². The number of methoxy groups -OCH3 is 1. The van der Waals surface area contributed by atoms with Gasteiger partial charge in [-0.3, -0.25) is 14.5 Å². The lowest BCUT2D eigenvalue weighted by Gasteiger charge is -2.29. The van der Waals surface area contributed by atoms with Crippen molar-refractivity contribution in [2.24, 2.45) is 5.73 Å². The minimum absolute atomic E-state index is 0.0325. The van der Waals surface area contributed by atoms with Gasteiger partial charge in [-0.05, 0) is 36.5 Å². The van der Waals surface area contributed by atoms with Crippen LogP contribution in [0.1, 0.15) is 23.1 Å². The first-order valence-electron chi connectivity index (χ1n) is 11.6. The number of rotatable bonds is 11. The van der Waals surface area contributed by atoms with Crippen molar-refractivity contribution in [3.05, 3.63) is 71.3 Å². The van der Waals surface area contributed by atoms with E-state index in [-0.39, 0.29) is 24.5 Å². The number of aryl methyl sites for hydroxylation is 1. The second-order valence-corrected chi connectivity index (χ2v) is 8.60. The zero-order valence-corrected chi connectivity index (χ0v) is 19.7. The van der Waals surface area contributed by atoms with Crippen LogP contribution in [0.25, 0.3) is 0 Å². The molecule has 0 bridgehead atoms. The molecule has 0 aliphatic carbocycles. The molecule has 2 amide bonds. The van der Waals surface area contributed by atoms with Crippen molar-refractivity contribution in [2.75, 3.05) is 39.9 Å². The van der Waals surface area contributed by atoms with Crippen molar-refractivity contribution < 1.29 is 14.3 Å². The van der Waals surface area contributed by atoms with Crippen molar-refractivity contribution in [1.82, 2.24) is 15.1 Å². The summed E-state index contributed by atoms with van der Waals surface area (Å²) in [5.41, 5.74) is 9.34. The molecule has 0 saturated carbocycles. The molecule has 1 fully saturated rings. The third kappa shape index (κ3) is 6.87. The molecule has 1 aliphatic heterocycles. The normalized spacial score (nSPS) is 18.0. The largest absolute Gasteiger partial charge is 0.375 e. The lowest BCUT2D eigenvalue weighted by Crippen LogP contribution is -2.48. The van der Waals surface area contributed by atoms with Crippen molar-refractivity contribution >= 4 is 11.8 Å². The van der Waals surface area contributed by atoms with E-state index in [2.05, 4.69) is 59.6 Å². The molecule has 1 saturated heterocycles. The third-order valence-electron chi connectivity index (χ3n) is 6.29. The molecule has 7 heteroatoms. The Morgan fingerprint density at radius 1 is 1.15 bits per heavy atom. The fraction of sp³-hybridized carbons (Fsp3) is 0.462. The third-order valence-corrected chi connectivity index (χ3v) is 6.29. The lowest BCUT2D eigenvalue weighted by atomic mass is 10.0. The Hall–Kier alpha value is -2.74. The summed E-state index contributed by atoms with van der Waals surface area (Å²) in [7, 11) is 1.50. The molecule has 3 N–H and O–H groups in total. The minimum Gasteiger partial charge on any atom is -0.375 e. The highest BCUT2D eigenvalue weighted by molar-refractivity contribution is 5.88. The lowest BCUT2D eigenvalue weighted by molar-refractivity contribution is -0.141. The standard InChI is InChI=1S/C26H36N4O3/c1-20-8-6-7-11-22(20)17-29(15-12-21-9-4-3-5-10-21)23-16-24(26(32)28-14-13-27)30(18-23)25(31)19-33-2/h3-11,23-24H,12-19,27H2,1-2H3,(H,28,32). The number of carbonyl (C=O) groups is 2. The molecule has 0 spiro atoms. The number of nitrogens with zero attached hydrogens (tertiary/aromatic N) is 2.